The van der Waals surface area contributed by atoms with Gasteiger partial charge in [0.25, 0.3) is 5.91 Å². The van der Waals surface area contributed by atoms with Crippen LogP contribution >= 0.6 is 0 Å². The average molecular weight is 466 g/mol. The minimum atomic E-state index is -0.486. The van der Waals surface area contributed by atoms with E-state index in [1.54, 1.807) is 7.11 Å². The normalized spacial score (nSPS) is 20.6. The number of rotatable bonds is 7. The van der Waals surface area contributed by atoms with Crippen molar-refractivity contribution in [1.82, 2.24) is 19.9 Å². The van der Waals surface area contributed by atoms with Crippen molar-refractivity contribution in [3.8, 4) is 17.6 Å². The van der Waals surface area contributed by atoms with Crippen LogP contribution in [0, 0.1) is 35.0 Å². The summed E-state index contributed by atoms with van der Waals surface area (Å²) in [6, 6.07) is 4.50. The van der Waals surface area contributed by atoms with E-state index in [1.165, 1.54) is 0 Å². The van der Waals surface area contributed by atoms with Crippen LogP contribution in [0.15, 0.2) is 12.3 Å². The van der Waals surface area contributed by atoms with Gasteiger partial charge in [-0.1, -0.05) is 34.6 Å². The molecule has 184 valence electrons. The number of aryl methyl sites for hydroxylation is 1. The van der Waals surface area contributed by atoms with Crippen LogP contribution < -0.4 is 10.1 Å². The molecular formula is C27H39N5O2. The van der Waals surface area contributed by atoms with Gasteiger partial charge in [-0.15, -0.1) is 0 Å². The fourth-order valence-corrected chi connectivity index (χ4v) is 4.77. The van der Waals surface area contributed by atoms with E-state index in [0.717, 1.165) is 43.5 Å². The molecule has 0 aromatic carbocycles. The van der Waals surface area contributed by atoms with Crippen LogP contribution in [0.4, 0.5) is 0 Å². The van der Waals surface area contributed by atoms with Crippen molar-refractivity contribution in [2.75, 3.05) is 13.7 Å². The van der Waals surface area contributed by atoms with Crippen LogP contribution in [0.25, 0.3) is 5.82 Å². The number of carbonyl (C=O) groups is 1. The maximum Gasteiger partial charge on any atom is 0.271 e. The minimum absolute atomic E-state index is 0.135. The predicted molar refractivity (Wildman–Crippen MR) is 133 cm³/mol. The van der Waals surface area contributed by atoms with E-state index < -0.39 is 5.41 Å². The zero-order chi connectivity index (χ0) is 25.1. The molecule has 0 radical (unpaired) electrons. The molecule has 1 fully saturated rings. The Balaban J connectivity index is 1.88. The number of amides is 1. The Labute approximate surface area is 203 Å². The second-order valence-electron chi connectivity index (χ2n) is 11.0. The maximum absolute atomic E-state index is 13.2. The first-order valence-corrected chi connectivity index (χ1v) is 12.3. The molecule has 0 bridgehead atoms. The molecule has 7 heteroatoms. The summed E-state index contributed by atoms with van der Waals surface area (Å²) < 4.78 is 7.61. The molecule has 0 saturated heterocycles. The minimum Gasteiger partial charge on any atom is -0.493 e. The zero-order valence-electron chi connectivity index (χ0n) is 21.8. The molecule has 2 aromatic heterocycles. The topological polar surface area (TPSA) is 92.8 Å². The molecule has 1 N–H and O–H groups in total. The first-order valence-electron chi connectivity index (χ1n) is 12.3. The van der Waals surface area contributed by atoms with Gasteiger partial charge in [0.15, 0.2) is 11.6 Å². The van der Waals surface area contributed by atoms with Crippen molar-refractivity contribution in [2.24, 2.45) is 16.7 Å². The Morgan fingerprint density at radius 1 is 1.35 bits per heavy atom. The fourth-order valence-electron chi connectivity index (χ4n) is 4.77. The first kappa shape index (κ1) is 25.7. The molecule has 1 aliphatic carbocycles. The summed E-state index contributed by atoms with van der Waals surface area (Å²) in [5, 5.41) is 12.8. The van der Waals surface area contributed by atoms with Crippen molar-refractivity contribution < 1.29 is 9.53 Å². The lowest BCUT2D eigenvalue weighted by Gasteiger charge is -2.33. The standard InChI is InChI=1S/C27H39N5O2/c1-8-22-31-23(25(33)30-17-27(16-28)11-9-18(2)10-12-27)19(3)32(22)24-21(34-7)13-20(15-29-24)14-26(4,5)6/h13,15,18H,8-12,14,17H2,1-7H3,(H,30,33). The zero-order valence-corrected chi connectivity index (χ0v) is 21.8. The fraction of sp³-hybridized carbons (Fsp3) is 0.630. The molecule has 1 amide bonds. The Morgan fingerprint density at radius 3 is 2.59 bits per heavy atom. The smallest absolute Gasteiger partial charge is 0.271 e. The number of imidazole rings is 1. The van der Waals surface area contributed by atoms with E-state index >= 15 is 0 Å². The Morgan fingerprint density at radius 2 is 2.03 bits per heavy atom. The van der Waals surface area contributed by atoms with Gasteiger partial charge < -0.3 is 10.1 Å². The monoisotopic (exact) mass is 465 g/mol. The van der Waals surface area contributed by atoms with E-state index in [4.69, 9.17) is 9.72 Å². The Hall–Kier alpha value is -2.88. The Bertz CT molecular complexity index is 1070. The quantitative estimate of drug-likeness (QED) is 0.608. The van der Waals surface area contributed by atoms with E-state index in [2.05, 4.69) is 44.1 Å². The van der Waals surface area contributed by atoms with Crippen molar-refractivity contribution in [2.45, 2.75) is 80.1 Å². The van der Waals surface area contributed by atoms with E-state index in [1.807, 2.05) is 30.7 Å². The van der Waals surface area contributed by atoms with Crippen LogP contribution in [0.5, 0.6) is 5.75 Å². The lowest BCUT2D eigenvalue weighted by atomic mass is 9.72. The van der Waals surface area contributed by atoms with Gasteiger partial charge in [0.05, 0.1) is 24.3 Å². The molecule has 1 saturated carbocycles. The largest absolute Gasteiger partial charge is 0.493 e. The summed E-state index contributed by atoms with van der Waals surface area (Å²) in [6.45, 7) is 13.0. The molecule has 0 aliphatic heterocycles. The molecule has 34 heavy (non-hydrogen) atoms. The van der Waals surface area contributed by atoms with Gasteiger partial charge in [0.1, 0.15) is 11.5 Å². The molecule has 0 spiro atoms. The summed E-state index contributed by atoms with van der Waals surface area (Å²) in [5.41, 5.74) is 1.84. The van der Waals surface area contributed by atoms with Crippen molar-refractivity contribution >= 4 is 5.91 Å². The van der Waals surface area contributed by atoms with Gasteiger partial charge in [-0.3, -0.25) is 9.36 Å². The number of hydrogen-bond donors (Lipinski definition) is 1. The van der Waals surface area contributed by atoms with E-state index in [-0.39, 0.29) is 11.3 Å². The second-order valence-corrected chi connectivity index (χ2v) is 11.0. The number of nitrogens with one attached hydrogen (secondary N) is 1. The number of pyridine rings is 1. The molecule has 0 atom stereocenters. The molecule has 2 aromatic rings. The lowest BCUT2D eigenvalue weighted by Crippen LogP contribution is -2.39. The number of carbonyl (C=O) groups excluding carboxylic acids is 1. The number of methoxy groups -OCH3 is 1. The SMILES string of the molecule is CCc1nc(C(=O)NCC2(C#N)CCC(C)CC2)c(C)n1-c1ncc(CC(C)(C)C)cc1OC. The molecular weight excluding hydrogens is 426 g/mol. The molecule has 3 rings (SSSR count). The molecule has 7 nitrogen and oxygen atoms in total. The van der Waals surface area contributed by atoms with Gasteiger partial charge in [0, 0.05) is 19.2 Å². The van der Waals surface area contributed by atoms with Crippen molar-refractivity contribution in [3.63, 3.8) is 0 Å². The average Bonchev–Trinajstić information content (AvgIpc) is 3.13. The summed E-state index contributed by atoms with van der Waals surface area (Å²) in [6.07, 6.45) is 7.08. The van der Waals surface area contributed by atoms with Crippen LogP contribution in [-0.2, 0) is 12.8 Å². The van der Waals surface area contributed by atoms with Crippen LogP contribution in [0.2, 0.25) is 0 Å². The third-order valence-electron chi connectivity index (χ3n) is 6.82. The summed E-state index contributed by atoms with van der Waals surface area (Å²) in [5.74, 6) is 2.43. The summed E-state index contributed by atoms with van der Waals surface area (Å²) >= 11 is 0. The highest BCUT2D eigenvalue weighted by Crippen LogP contribution is 2.38. The third kappa shape index (κ3) is 5.60. The van der Waals surface area contributed by atoms with Crippen molar-refractivity contribution in [1.29, 1.82) is 5.26 Å². The van der Waals surface area contributed by atoms with Crippen LogP contribution in [0.3, 0.4) is 0 Å². The molecule has 0 unspecified atom stereocenters. The van der Waals surface area contributed by atoms with Gasteiger partial charge in [-0.2, -0.15) is 5.26 Å². The van der Waals surface area contributed by atoms with Gasteiger partial charge in [0.2, 0.25) is 0 Å². The summed E-state index contributed by atoms with van der Waals surface area (Å²) in [4.78, 5) is 22.5. The van der Waals surface area contributed by atoms with Crippen LogP contribution in [-0.4, -0.2) is 34.1 Å². The molecule has 2 heterocycles. The number of ether oxygens (including phenoxy) is 1. The number of nitrogens with zero attached hydrogens (tertiary/aromatic N) is 4. The highest BCUT2D eigenvalue weighted by molar-refractivity contribution is 5.93. The molecule has 1 aliphatic rings. The summed E-state index contributed by atoms with van der Waals surface area (Å²) in [7, 11) is 1.64. The maximum atomic E-state index is 13.2. The highest BCUT2D eigenvalue weighted by atomic mass is 16.5. The number of nitriles is 1. The highest BCUT2D eigenvalue weighted by Gasteiger charge is 2.35. The number of hydrogen-bond acceptors (Lipinski definition) is 5. The lowest BCUT2D eigenvalue weighted by molar-refractivity contribution is 0.0922. The predicted octanol–water partition coefficient (Wildman–Crippen LogP) is 5.19. The van der Waals surface area contributed by atoms with E-state index in [9.17, 15) is 10.1 Å². The Kier molecular flexibility index (Phi) is 7.70. The van der Waals surface area contributed by atoms with Gasteiger partial charge in [-0.25, -0.2) is 9.97 Å². The van der Waals surface area contributed by atoms with Gasteiger partial charge >= 0.3 is 0 Å². The van der Waals surface area contributed by atoms with Crippen molar-refractivity contribution in [3.05, 3.63) is 35.0 Å². The van der Waals surface area contributed by atoms with Crippen LogP contribution in [0.1, 0.15) is 87.9 Å². The van der Waals surface area contributed by atoms with E-state index in [0.29, 0.717) is 41.8 Å². The van der Waals surface area contributed by atoms with Gasteiger partial charge in [-0.05, 0) is 62.0 Å². The first-order chi connectivity index (χ1) is 16.0. The number of aromatic nitrogens is 3. The third-order valence-corrected chi connectivity index (χ3v) is 6.82. The second kappa shape index (κ2) is 10.2.